The summed E-state index contributed by atoms with van der Waals surface area (Å²) in [5.41, 5.74) is 4.53. The number of aryl methyl sites for hydroxylation is 2. The minimum absolute atomic E-state index is 0.156. The molecule has 4 aromatic rings. The van der Waals surface area contributed by atoms with Crippen molar-refractivity contribution in [1.29, 1.82) is 0 Å². The SMILES string of the molecule is Cc1ccc(N(Cc2cc3cc(C)ccc3[nH]c2=O)C(=O)c2ccc(Cl)cc2)cc1. The molecule has 0 aliphatic heterocycles. The number of rotatable bonds is 4. The Balaban J connectivity index is 1.78. The maximum atomic E-state index is 13.3. The fourth-order valence-corrected chi connectivity index (χ4v) is 3.54. The number of amides is 1. The van der Waals surface area contributed by atoms with E-state index in [0.717, 1.165) is 27.7 Å². The summed E-state index contributed by atoms with van der Waals surface area (Å²) in [6, 6.07) is 22.2. The monoisotopic (exact) mass is 416 g/mol. The number of halogens is 1. The number of H-pyrrole nitrogens is 1. The second-order valence-electron chi connectivity index (χ2n) is 7.45. The van der Waals surface area contributed by atoms with Gasteiger partial charge in [-0.15, -0.1) is 0 Å². The van der Waals surface area contributed by atoms with Gasteiger partial charge in [-0.05, 0) is 73.8 Å². The zero-order valence-electron chi connectivity index (χ0n) is 16.8. The predicted octanol–water partition coefficient (Wildman–Crippen LogP) is 5.65. The van der Waals surface area contributed by atoms with E-state index >= 15 is 0 Å². The molecule has 0 saturated heterocycles. The number of carbonyl (C=O) groups is 1. The van der Waals surface area contributed by atoms with E-state index in [1.165, 1.54) is 0 Å². The summed E-state index contributed by atoms with van der Waals surface area (Å²) in [4.78, 5) is 30.6. The molecule has 0 aliphatic carbocycles. The molecule has 0 spiro atoms. The highest BCUT2D eigenvalue weighted by molar-refractivity contribution is 6.30. The van der Waals surface area contributed by atoms with E-state index in [1.807, 2.05) is 62.4 Å². The van der Waals surface area contributed by atoms with Gasteiger partial charge in [0.1, 0.15) is 0 Å². The zero-order chi connectivity index (χ0) is 21.3. The van der Waals surface area contributed by atoms with Crippen molar-refractivity contribution in [2.75, 3.05) is 4.90 Å². The maximum absolute atomic E-state index is 13.3. The van der Waals surface area contributed by atoms with Crippen LogP contribution in [0.1, 0.15) is 27.0 Å². The van der Waals surface area contributed by atoms with Crippen molar-refractivity contribution in [1.82, 2.24) is 4.98 Å². The highest BCUT2D eigenvalue weighted by Gasteiger charge is 2.20. The largest absolute Gasteiger partial charge is 0.322 e. The fourth-order valence-electron chi connectivity index (χ4n) is 3.41. The molecule has 1 aromatic heterocycles. The van der Waals surface area contributed by atoms with Crippen molar-refractivity contribution in [2.24, 2.45) is 0 Å². The van der Waals surface area contributed by atoms with E-state index in [-0.39, 0.29) is 18.0 Å². The lowest BCUT2D eigenvalue weighted by molar-refractivity contribution is 0.0985. The van der Waals surface area contributed by atoms with E-state index in [4.69, 9.17) is 11.6 Å². The van der Waals surface area contributed by atoms with Crippen LogP contribution in [0.4, 0.5) is 5.69 Å². The second-order valence-corrected chi connectivity index (χ2v) is 7.88. The van der Waals surface area contributed by atoms with Gasteiger partial charge in [0, 0.05) is 27.4 Å². The van der Waals surface area contributed by atoms with Crippen LogP contribution in [0.2, 0.25) is 5.02 Å². The Kier molecular flexibility index (Phi) is 5.42. The fraction of sp³-hybridized carbons (Fsp3) is 0.120. The first kappa shape index (κ1) is 19.9. The van der Waals surface area contributed by atoms with Gasteiger partial charge in [-0.3, -0.25) is 9.59 Å². The summed E-state index contributed by atoms with van der Waals surface area (Å²) in [6.07, 6.45) is 0. The van der Waals surface area contributed by atoms with Crippen molar-refractivity contribution in [3.05, 3.63) is 110 Å². The van der Waals surface area contributed by atoms with Gasteiger partial charge in [-0.25, -0.2) is 0 Å². The molecule has 4 rings (SSSR count). The van der Waals surface area contributed by atoms with Gasteiger partial charge in [0.15, 0.2) is 0 Å². The Morgan fingerprint density at radius 3 is 2.27 bits per heavy atom. The average molecular weight is 417 g/mol. The van der Waals surface area contributed by atoms with Gasteiger partial charge in [-0.2, -0.15) is 0 Å². The van der Waals surface area contributed by atoms with E-state index in [2.05, 4.69) is 4.98 Å². The van der Waals surface area contributed by atoms with Crippen molar-refractivity contribution in [3.63, 3.8) is 0 Å². The summed E-state index contributed by atoms with van der Waals surface area (Å²) in [7, 11) is 0. The normalized spacial score (nSPS) is 10.9. The van der Waals surface area contributed by atoms with Crippen LogP contribution >= 0.6 is 11.6 Å². The minimum atomic E-state index is -0.202. The van der Waals surface area contributed by atoms with Crippen LogP contribution < -0.4 is 10.5 Å². The van der Waals surface area contributed by atoms with Gasteiger partial charge in [0.05, 0.1) is 6.54 Å². The van der Waals surface area contributed by atoms with E-state index in [9.17, 15) is 9.59 Å². The van der Waals surface area contributed by atoms with E-state index < -0.39 is 0 Å². The maximum Gasteiger partial charge on any atom is 0.258 e. The highest BCUT2D eigenvalue weighted by atomic mass is 35.5. The van der Waals surface area contributed by atoms with Crippen molar-refractivity contribution in [2.45, 2.75) is 20.4 Å². The van der Waals surface area contributed by atoms with Crippen LogP contribution in [0.5, 0.6) is 0 Å². The van der Waals surface area contributed by atoms with Crippen molar-refractivity contribution >= 4 is 34.1 Å². The molecule has 30 heavy (non-hydrogen) atoms. The van der Waals surface area contributed by atoms with Gasteiger partial charge in [0.2, 0.25) is 0 Å². The summed E-state index contributed by atoms with van der Waals surface area (Å²) in [5, 5.41) is 1.50. The topological polar surface area (TPSA) is 53.2 Å². The number of carbonyl (C=O) groups excluding carboxylic acids is 1. The van der Waals surface area contributed by atoms with Crippen LogP contribution in [0.15, 0.2) is 77.6 Å². The predicted molar refractivity (Wildman–Crippen MR) is 122 cm³/mol. The molecule has 150 valence electrons. The zero-order valence-corrected chi connectivity index (χ0v) is 17.5. The molecule has 1 heterocycles. The summed E-state index contributed by atoms with van der Waals surface area (Å²) < 4.78 is 0. The number of anilines is 1. The minimum Gasteiger partial charge on any atom is -0.322 e. The van der Waals surface area contributed by atoms with Crippen molar-refractivity contribution in [3.8, 4) is 0 Å². The van der Waals surface area contributed by atoms with Gasteiger partial charge < -0.3 is 9.88 Å². The van der Waals surface area contributed by atoms with Crippen LogP contribution in [0.3, 0.4) is 0 Å². The Hall–Kier alpha value is -3.37. The average Bonchev–Trinajstić information content (AvgIpc) is 2.73. The second kappa shape index (κ2) is 8.17. The first-order valence-corrected chi connectivity index (χ1v) is 10.1. The number of pyridine rings is 1. The van der Waals surface area contributed by atoms with E-state index in [1.54, 1.807) is 29.2 Å². The lowest BCUT2D eigenvalue weighted by Crippen LogP contribution is -2.32. The van der Waals surface area contributed by atoms with Crippen LogP contribution in [0, 0.1) is 13.8 Å². The lowest BCUT2D eigenvalue weighted by atomic mass is 10.1. The van der Waals surface area contributed by atoms with Gasteiger partial charge >= 0.3 is 0 Å². The summed E-state index contributed by atoms with van der Waals surface area (Å²) >= 11 is 5.98. The number of benzene rings is 3. The standard InChI is InChI=1S/C25H21ClN2O2/c1-16-3-10-22(11-4-16)28(25(30)18-6-8-21(26)9-7-18)15-20-14-19-13-17(2)5-12-23(19)27-24(20)29/h3-14H,15H2,1-2H3,(H,27,29). The Bertz CT molecular complexity index is 1280. The quantitative estimate of drug-likeness (QED) is 0.467. The molecule has 0 atom stereocenters. The number of nitrogens with zero attached hydrogens (tertiary/aromatic N) is 1. The van der Waals surface area contributed by atoms with Crippen LogP contribution in [0.25, 0.3) is 10.9 Å². The Morgan fingerprint density at radius 1 is 0.900 bits per heavy atom. The lowest BCUT2D eigenvalue weighted by Gasteiger charge is -2.23. The van der Waals surface area contributed by atoms with Crippen molar-refractivity contribution < 1.29 is 4.79 Å². The molecule has 5 heteroatoms. The third-order valence-electron chi connectivity index (χ3n) is 5.09. The third kappa shape index (κ3) is 4.14. The first-order chi connectivity index (χ1) is 14.4. The molecule has 3 aromatic carbocycles. The molecule has 0 unspecified atom stereocenters. The van der Waals surface area contributed by atoms with Gasteiger partial charge in [0.25, 0.3) is 11.5 Å². The molecular weight excluding hydrogens is 396 g/mol. The molecular formula is C25H21ClN2O2. The highest BCUT2D eigenvalue weighted by Crippen LogP contribution is 2.22. The number of nitrogens with one attached hydrogen (secondary N) is 1. The first-order valence-electron chi connectivity index (χ1n) is 9.67. The van der Waals surface area contributed by atoms with Gasteiger partial charge in [-0.1, -0.05) is 40.9 Å². The molecule has 4 nitrogen and oxygen atoms in total. The van der Waals surface area contributed by atoms with E-state index in [0.29, 0.717) is 16.1 Å². The molecule has 0 bridgehead atoms. The molecule has 1 amide bonds. The number of hydrogen-bond donors (Lipinski definition) is 1. The smallest absolute Gasteiger partial charge is 0.258 e. The molecule has 0 radical (unpaired) electrons. The number of aromatic nitrogens is 1. The molecule has 1 N–H and O–H groups in total. The molecule has 0 fully saturated rings. The number of hydrogen-bond acceptors (Lipinski definition) is 2. The van der Waals surface area contributed by atoms with Crippen LogP contribution in [-0.2, 0) is 6.54 Å². The van der Waals surface area contributed by atoms with Crippen LogP contribution in [-0.4, -0.2) is 10.9 Å². The Morgan fingerprint density at radius 2 is 1.57 bits per heavy atom. The summed E-state index contributed by atoms with van der Waals surface area (Å²) in [5.74, 6) is -0.195. The molecule has 0 aliphatic rings. The number of aromatic amines is 1. The third-order valence-corrected chi connectivity index (χ3v) is 5.34. The summed E-state index contributed by atoms with van der Waals surface area (Å²) in [6.45, 7) is 4.15. The Labute approximate surface area is 179 Å². The number of fused-ring (bicyclic) bond motifs is 1. The molecule has 0 saturated carbocycles.